The van der Waals surface area contributed by atoms with Crippen LogP contribution in [0.1, 0.15) is 5.56 Å². The summed E-state index contributed by atoms with van der Waals surface area (Å²) in [5, 5.41) is 10.5. The Bertz CT molecular complexity index is 1160. The van der Waals surface area contributed by atoms with E-state index in [0.29, 0.717) is 11.5 Å². The Morgan fingerprint density at radius 3 is 2.32 bits per heavy atom. The molecule has 0 saturated carbocycles. The van der Waals surface area contributed by atoms with Gasteiger partial charge in [-0.15, -0.1) is 0 Å². The predicted octanol–water partition coefficient (Wildman–Crippen LogP) is 4.75. The summed E-state index contributed by atoms with van der Waals surface area (Å²) in [6.45, 7) is 0.282. The third-order valence-corrected chi connectivity index (χ3v) is 4.40. The minimum absolute atomic E-state index is 0.0589. The van der Waals surface area contributed by atoms with E-state index < -0.39 is 0 Å². The molecule has 1 N–H and O–H groups in total. The largest absolute Gasteiger partial charge is 0.507 e. The Labute approximate surface area is 161 Å². The quantitative estimate of drug-likeness (QED) is 0.546. The van der Waals surface area contributed by atoms with Crippen LogP contribution in [0, 0.1) is 0 Å². The van der Waals surface area contributed by atoms with Gasteiger partial charge < -0.3 is 19.0 Å². The van der Waals surface area contributed by atoms with Crippen LogP contribution in [0.4, 0.5) is 0 Å². The van der Waals surface area contributed by atoms with Crippen molar-refractivity contribution < 1.29 is 19.0 Å². The standard InChI is InChI=1S/C23H18O5/c1-26-22-20(27-14-15-8-4-2-5-9-15)13-18(25)21-17(24)12-19(28-23(21)22)16-10-6-3-7-11-16/h2-13,25H,14H2,1H3. The molecule has 4 rings (SSSR count). The van der Waals surface area contributed by atoms with Crippen molar-refractivity contribution >= 4 is 11.0 Å². The third-order valence-electron chi connectivity index (χ3n) is 4.40. The van der Waals surface area contributed by atoms with Crippen molar-refractivity contribution in [3.05, 3.63) is 88.6 Å². The van der Waals surface area contributed by atoms with E-state index in [9.17, 15) is 9.90 Å². The molecule has 0 saturated heterocycles. The van der Waals surface area contributed by atoms with Gasteiger partial charge in [0.15, 0.2) is 16.8 Å². The predicted molar refractivity (Wildman–Crippen MR) is 107 cm³/mol. The van der Waals surface area contributed by atoms with Crippen molar-refractivity contribution in [2.75, 3.05) is 7.11 Å². The molecule has 3 aromatic carbocycles. The number of fused-ring (bicyclic) bond motifs is 1. The molecular formula is C23H18O5. The molecule has 0 fully saturated rings. The maximum atomic E-state index is 12.6. The monoisotopic (exact) mass is 374 g/mol. The van der Waals surface area contributed by atoms with E-state index in [-0.39, 0.29) is 34.5 Å². The highest BCUT2D eigenvalue weighted by Gasteiger charge is 2.20. The number of hydrogen-bond donors (Lipinski definition) is 1. The Balaban J connectivity index is 1.84. The average molecular weight is 374 g/mol. The van der Waals surface area contributed by atoms with Crippen molar-refractivity contribution in [2.45, 2.75) is 6.61 Å². The summed E-state index contributed by atoms with van der Waals surface area (Å²) < 4.78 is 17.3. The lowest BCUT2D eigenvalue weighted by Gasteiger charge is -2.14. The number of ether oxygens (including phenoxy) is 2. The summed E-state index contributed by atoms with van der Waals surface area (Å²) in [6.07, 6.45) is 0. The van der Waals surface area contributed by atoms with Crippen molar-refractivity contribution in [2.24, 2.45) is 0 Å². The van der Waals surface area contributed by atoms with Crippen LogP contribution >= 0.6 is 0 Å². The van der Waals surface area contributed by atoms with Gasteiger partial charge in [0.2, 0.25) is 5.75 Å². The van der Waals surface area contributed by atoms with Gasteiger partial charge in [0.05, 0.1) is 7.11 Å². The van der Waals surface area contributed by atoms with E-state index in [2.05, 4.69) is 0 Å². The Morgan fingerprint density at radius 2 is 1.64 bits per heavy atom. The number of methoxy groups -OCH3 is 1. The highest BCUT2D eigenvalue weighted by Crippen LogP contribution is 2.41. The fourth-order valence-corrected chi connectivity index (χ4v) is 3.05. The van der Waals surface area contributed by atoms with E-state index in [1.54, 1.807) is 0 Å². The lowest BCUT2D eigenvalue weighted by atomic mass is 10.1. The first kappa shape index (κ1) is 17.7. The Kier molecular flexibility index (Phi) is 4.72. The second-order valence-electron chi connectivity index (χ2n) is 6.25. The maximum Gasteiger partial charge on any atom is 0.205 e. The fraction of sp³-hybridized carbons (Fsp3) is 0.0870. The molecule has 0 aliphatic rings. The number of aromatic hydroxyl groups is 1. The minimum atomic E-state index is -0.356. The maximum absolute atomic E-state index is 12.6. The first-order chi connectivity index (χ1) is 13.7. The molecule has 0 atom stereocenters. The molecule has 0 aliphatic carbocycles. The van der Waals surface area contributed by atoms with Gasteiger partial charge >= 0.3 is 0 Å². The van der Waals surface area contributed by atoms with Crippen LogP contribution in [-0.2, 0) is 6.61 Å². The van der Waals surface area contributed by atoms with Crippen LogP contribution in [0.25, 0.3) is 22.3 Å². The molecule has 0 radical (unpaired) electrons. The van der Waals surface area contributed by atoms with Gasteiger partial charge in [0.25, 0.3) is 0 Å². The van der Waals surface area contributed by atoms with Crippen molar-refractivity contribution in [1.29, 1.82) is 0 Å². The Hall–Kier alpha value is -3.73. The first-order valence-corrected chi connectivity index (χ1v) is 8.77. The van der Waals surface area contributed by atoms with Crippen molar-refractivity contribution in [3.63, 3.8) is 0 Å². The van der Waals surface area contributed by atoms with Gasteiger partial charge in [-0.2, -0.15) is 0 Å². The fourth-order valence-electron chi connectivity index (χ4n) is 3.05. The van der Waals surface area contributed by atoms with Crippen molar-refractivity contribution in [1.82, 2.24) is 0 Å². The average Bonchev–Trinajstić information content (AvgIpc) is 2.73. The summed E-state index contributed by atoms with van der Waals surface area (Å²) in [6, 6.07) is 21.6. The van der Waals surface area contributed by atoms with Gasteiger partial charge in [-0.25, -0.2) is 0 Å². The Morgan fingerprint density at radius 1 is 0.964 bits per heavy atom. The van der Waals surface area contributed by atoms with Gasteiger partial charge in [-0.1, -0.05) is 60.7 Å². The molecule has 5 nitrogen and oxygen atoms in total. The van der Waals surface area contributed by atoms with Crippen LogP contribution < -0.4 is 14.9 Å². The van der Waals surface area contributed by atoms with Crippen LogP contribution in [0.5, 0.6) is 17.2 Å². The molecule has 5 heteroatoms. The zero-order valence-electron chi connectivity index (χ0n) is 15.2. The van der Waals surface area contributed by atoms with E-state index >= 15 is 0 Å². The summed E-state index contributed by atoms with van der Waals surface area (Å²) in [4.78, 5) is 12.6. The van der Waals surface area contributed by atoms with Crippen molar-refractivity contribution in [3.8, 4) is 28.6 Å². The number of rotatable bonds is 5. The molecular weight excluding hydrogens is 356 g/mol. The molecule has 0 amide bonds. The smallest absolute Gasteiger partial charge is 0.205 e. The molecule has 140 valence electrons. The number of phenols is 1. The topological polar surface area (TPSA) is 68.9 Å². The van der Waals surface area contributed by atoms with Gasteiger partial charge in [0.1, 0.15) is 23.5 Å². The van der Waals surface area contributed by atoms with Crippen LogP contribution in [0.3, 0.4) is 0 Å². The zero-order valence-corrected chi connectivity index (χ0v) is 15.2. The second kappa shape index (κ2) is 7.48. The van der Waals surface area contributed by atoms with E-state index in [1.165, 1.54) is 19.2 Å². The van der Waals surface area contributed by atoms with E-state index in [1.807, 2.05) is 60.7 Å². The lowest BCUT2D eigenvalue weighted by molar-refractivity contribution is 0.282. The number of benzene rings is 3. The highest BCUT2D eigenvalue weighted by molar-refractivity contribution is 5.91. The van der Waals surface area contributed by atoms with Crippen LogP contribution in [-0.4, -0.2) is 12.2 Å². The van der Waals surface area contributed by atoms with Crippen LogP contribution in [0.15, 0.2) is 82.0 Å². The molecule has 0 bridgehead atoms. The van der Waals surface area contributed by atoms with E-state index in [4.69, 9.17) is 13.9 Å². The van der Waals surface area contributed by atoms with Gasteiger partial charge in [-0.05, 0) is 5.56 Å². The molecule has 0 spiro atoms. The summed E-state index contributed by atoms with van der Waals surface area (Å²) in [7, 11) is 1.47. The minimum Gasteiger partial charge on any atom is -0.507 e. The van der Waals surface area contributed by atoms with Crippen LogP contribution in [0.2, 0.25) is 0 Å². The number of phenolic OH excluding ortho intramolecular Hbond substituents is 1. The number of hydrogen-bond acceptors (Lipinski definition) is 5. The SMILES string of the molecule is COc1c(OCc2ccccc2)cc(O)c2c(=O)cc(-c3ccccc3)oc12. The first-order valence-electron chi connectivity index (χ1n) is 8.77. The molecule has 1 heterocycles. The van der Waals surface area contributed by atoms with Gasteiger partial charge in [0, 0.05) is 17.7 Å². The third kappa shape index (κ3) is 3.30. The van der Waals surface area contributed by atoms with E-state index in [0.717, 1.165) is 11.1 Å². The lowest BCUT2D eigenvalue weighted by Crippen LogP contribution is -2.04. The molecule has 28 heavy (non-hydrogen) atoms. The highest BCUT2D eigenvalue weighted by atomic mass is 16.5. The summed E-state index contributed by atoms with van der Waals surface area (Å²) in [5.74, 6) is 0.728. The normalized spacial score (nSPS) is 10.8. The molecule has 4 aromatic rings. The molecule has 0 aliphatic heterocycles. The van der Waals surface area contributed by atoms with Gasteiger partial charge in [-0.3, -0.25) is 4.79 Å². The molecule has 0 unspecified atom stereocenters. The zero-order chi connectivity index (χ0) is 19.5. The summed E-state index contributed by atoms with van der Waals surface area (Å²) in [5.41, 5.74) is 1.50. The molecule has 1 aromatic heterocycles. The summed E-state index contributed by atoms with van der Waals surface area (Å²) >= 11 is 0. The second-order valence-corrected chi connectivity index (χ2v) is 6.25.